The van der Waals surface area contributed by atoms with Gasteiger partial charge in [0.1, 0.15) is 0 Å². The van der Waals surface area contributed by atoms with Crippen LogP contribution in [-0.2, 0) is 11.8 Å². The molecule has 138 valence electrons. The van der Waals surface area contributed by atoms with E-state index in [0.29, 0.717) is 16.7 Å². The van der Waals surface area contributed by atoms with Gasteiger partial charge in [-0.05, 0) is 29.8 Å². The molecule has 7 nitrogen and oxygen atoms in total. The Morgan fingerprint density at radius 3 is 2.41 bits per heavy atom. The average molecular weight is 446 g/mol. The lowest BCUT2D eigenvalue weighted by molar-refractivity contribution is -0.255. The SMILES string of the molecule is Cn1c(SCC(=O)Nc2ccc(C(=O)[O-])cc2)nnc1-c1ccc(Br)cc1. The van der Waals surface area contributed by atoms with Crippen molar-refractivity contribution < 1.29 is 14.7 Å². The van der Waals surface area contributed by atoms with Gasteiger partial charge in [0, 0.05) is 22.8 Å². The third kappa shape index (κ3) is 4.75. The average Bonchev–Trinajstić information content (AvgIpc) is 3.02. The van der Waals surface area contributed by atoms with E-state index < -0.39 is 5.97 Å². The second-order valence-corrected chi connectivity index (χ2v) is 7.43. The Morgan fingerprint density at radius 1 is 1.11 bits per heavy atom. The normalized spacial score (nSPS) is 10.6. The van der Waals surface area contributed by atoms with Crippen LogP contribution in [0.3, 0.4) is 0 Å². The molecule has 3 rings (SSSR count). The quantitative estimate of drug-likeness (QED) is 0.584. The number of thioether (sulfide) groups is 1. The van der Waals surface area contributed by atoms with Gasteiger partial charge in [0.15, 0.2) is 11.0 Å². The third-order valence-corrected chi connectivity index (χ3v) is 5.22. The lowest BCUT2D eigenvalue weighted by Crippen LogP contribution is -2.22. The predicted molar refractivity (Wildman–Crippen MR) is 104 cm³/mol. The number of benzene rings is 2. The van der Waals surface area contributed by atoms with Crippen LogP contribution in [0, 0.1) is 0 Å². The van der Waals surface area contributed by atoms with Gasteiger partial charge in [-0.2, -0.15) is 0 Å². The zero-order valence-electron chi connectivity index (χ0n) is 14.2. The molecule has 0 unspecified atom stereocenters. The minimum absolute atomic E-state index is 0.0573. The fourth-order valence-corrected chi connectivity index (χ4v) is 3.28. The van der Waals surface area contributed by atoms with Crippen LogP contribution in [0.1, 0.15) is 10.4 Å². The van der Waals surface area contributed by atoms with E-state index in [1.54, 1.807) is 0 Å². The minimum atomic E-state index is -1.26. The fraction of sp³-hybridized carbons (Fsp3) is 0.111. The molecule has 0 bridgehead atoms. The number of carbonyl (C=O) groups is 2. The third-order valence-electron chi connectivity index (χ3n) is 3.67. The molecule has 0 aliphatic rings. The first-order chi connectivity index (χ1) is 12.9. The second kappa shape index (κ2) is 8.36. The predicted octanol–water partition coefficient (Wildman–Crippen LogP) is 2.34. The number of anilines is 1. The Morgan fingerprint density at radius 2 is 1.78 bits per heavy atom. The largest absolute Gasteiger partial charge is 0.545 e. The summed E-state index contributed by atoms with van der Waals surface area (Å²) in [4.78, 5) is 22.8. The van der Waals surface area contributed by atoms with Crippen molar-refractivity contribution in [2.45, 2.75) is 5.16 Å². The number of amides is 1. The van der Waals surface area contributed by atoms with Gasteiger partial charge in [0.25, 0.3) is 0 Å². The molecule has 1 heterocycles. The first-order valence-corrected chi connectivity index (χ1v) is 9.61. The van der Waals surface area contributed by atoms with Crippen molar-refractivity contribution in [1.82, 2.24) is 14.8 Å². The lowest BCUT2D eigenvalue weighted by Gasteiger charge is -2.07. The number of nitrogens with one attached hydrogen (secondary N) is 1. The van der Waals surface area contributed by atoms with E-state index in [4.69, 9.17) is 0 Å². The standard InChI is InChI=1S/C18H15BrN4O3S/c1-23-16(11-2-6-13(19)7-3-11)21-22-18(23)27-10-15(24)20-14-8-4-12(5-9-14)17(25)26/h2-9H,10H2,1H3,(H,20,24)(H,25,26)/p-1. The van der Waals surface area contributed by atoms with E-state index in [2.05, 4.69) is 31.4 Å². The van der Waals surface area contributed by atoms with Gasteiger partial charge in [-0.15, -0.1) is 10.2 Å². The zero-order chi connectivity index (χ0) is 19.4. The van der Waals surface area contributed by atoms with E-state index in [1.807, 2.05) is 35.9 Å². The van der Waals surface area contributed by atoms with Gasteiger partial charge in [0.05, 0.1) is 11.7 Å². The Hall–Kier alpha value is -2.65. The van der Waals surface area contributed by atoms with Crippen LogP contribution in [0.25, 0.3) is 11.4 Å². The van der Waals surface area contributed by atoms with Crippen LogP contribution < -0.4 is 10.4 Å². The smallest absolute Gasteiger partial charge is 0.234 e. The summed E-state index contributed by atoms with van der Waals surface area (Å²) in [7, 11) is 1.84. The summed E-state index contributed by atoms with van der Waals surface area (Å²) in [5.74, 6) is -0.626. The highest BCUT2D eigenvalue weighted by molar-refractivity contribution is 9.10. The van der Waals surface area contributed by atoms with E-state index in [9.17, 15) is 14.7 Å². The Kier molecular flexibility index (Phi) is 5.92. The molecule has 27 heavy (non-hydrogen) atoms. The number of carbonyl (C=O) groups excluding carboxylic acids is 2. The van der Waals surface area contributed by atoms with Crippen LogP contribution in [0.5, 0.6) is 0 Å². The summed E-state index contributed by atoms with van der Waals surface area (Å²) >= 11 is 4.66. The van der Waals surface area contributed by atoms with Crippen molar-refractivity contribution >= 4 is 45.3 Å². The number of carboxylic acid groups (broad SMARTS) is 1. The molecule has 0 atom stereocenters. The molecular weight excluding hydrogens is 432 g/mol. The molecule has 1 N–H and O–H groups in total. The van der Waals surface area contributed by atoms with Crippen molar-refractivity contribution in [3.05, 3.63) is 58.6 Å². The maximum Gasteiger partial charge on any atom is 0.234 e. The Balaban J connectivity index is 1.60. The Bertz CT molecular complexity index is 971. The topological polar surface area (TPSA) is 99.9 Å². The van der Waals surface area contributed by atoms with E-state index in [0.717, 1.165) is 10.0 Å². The van der Waals surface area contributed by atoms with Gasteiger partial charge < -0.3 is 19.8 Å². The van der Waals surface area contributed by atoms with E-state index in [-0.39, 0.29) is 17.2 Å². The van der Waals surface area contributed by atoms with E-state index >= 15 is 0 Å². The Labute approximate surface area is 167 Å². The molecule has 0 spiro atoms. The number of aromatic nitrogens is 3. The molecule has 3 aromatic rings. The molecule has 0 saturated carbocycles. The van der Waals surface area contributed by atoms with Gasteiger partial charge in [0.2, 0.25) is 5.91 Å². The number of nitrogens with zero attached hydrogens (tertiary/aromatic N) is 3. The number of hydrogen-bond donors (Lipinski definition) is 1. The van der Waals surface area contributed by atoms with Crippen molar-refractivity contribution in [3.8, 4) is 11.4 Å². The van der Waals surface area contributed by atoms with Crippen LogP contribution in [0.15, 0.2) is 58.2 Å². The van der Waals surface area contributed by atoms with Crippen molar-refractivity contribution in [1.29, 1.82) is 0 Å². The number of carboxylic acids is 1. The van der Waals surface area contributed by atoms with Crippen LogP contribution in [0.2, 0.25) is 0 Å². The van der Waals surface area contributed by atoms with Crippen molar-refractivity contribution in [2.24, 2.45) is 7.05 Å². The molecule has 1 amide bonds. The molecule has 9 heteroatoms. The second-order valence-electron chi connectivity index (χ2n) is 5.57. The summed E-state index contributed by atoms with van der Waals surface area (Å²) in [5, 5.41) is 22.4. The molecule has 0 aliphatic heterocycles. The number of rotatable bonds is 6. The number of aromatic carboxylic acids is 1. The van der Waals surface area contributed by atoms with Gasteiger partial charge in [-0.3, -0.25) is 4.79 Å². The minimum Gasteiger partial charge on any atom is -0.545 e. The number of halogens is 1. The molecule has 0 radical (unpaired) electrons. The number of hydrogen-bond acceptors (Lipinski definition) is 6. The first kappa shape index (κ1) is 19.1. The molecule has 0 saturated heterocycles. The first-order valence-electron chi connectivity index (χ1n) is 7.83. The monoisotopic (exact) mass is 445 g/mol. The highest BCUT2D eigenvalue weighted by Gasteiger charge is 2.13. The van der Waals surface area contributed by atoms with Gasteiger partial charge >= 0.3 is 0 Å². The van der Waals surface area contributed by atoms with Gasteiger partial charge in [-0.1, -0.05) is 52.0 Å². The van der Waals surface area contributed by atoms with Crippen LogP contribution in [0.4, 0.5) is 5.69 Å². The lowest BCUT2D eigenvalue weighted by atomic mass is 10.2. The summed E-state index contributed by atoms with van der Waals surface area (Å²) in [5.41, 5.74) is 1.50. The van der Waals surface area contributed by atoms with Crippen molar-refractivity contribution in [3.63, 3.8) is 0 Å². The van der Waals surface area contributed by atoms with Crippen molar-refractivity contribution in [2.75, 3.05) is 11.1 Å². The molecular formula is C18H14BrN4O3S-. The van der Waals surface area contributed by atoms with E-state index in [1.165, 1.54) is 36.0 Å². The summed E-state index contributed by atoms with van der Waals surface area (Å²) in [6.07, 6.45) is 0. The zero-order valence-corrected chi connectivity index (χ0v) is 16.6. The summed E-state index contributed by atoms with van der Waals surface area (Å²) in [6, 6.07) is 13.5. The maximum atomic E-state index is 12.1. The molecule has 1 aromatic heterocycles. The fourth-order valence-electron chi connectivity index (χ4n) is 2.31. The highest BCUT2D eigenvalue weighted by Crippen LogP contribution is 2.24. The summed E-state index contributed by atoms with van der Waals surface area (Å²) in [6.45, 7) is 0. The highest BCUT2D eigenvalue weighted by atomic mass is 79.9. The molecule has 0 aliphatic carbocycles. The maximum absolute atomic E-state index is 12.1. The van der Waals surface area contributed by atoms with Gasteiger partial charge in [-0.25, -0.2) is 0 Å². The van der Waals surface area contributed by atoms with Crippen LogP contribution in [-0.4, -0.2) is 32.4 Å². The summed E-state index contributed by atoms with van der Waals surface area (Å²) < 4.78 is 2.81. The molecule has 0 fully saturated rings. The van der Waals surface area contributed by atoms with Crippen LogP contribution >= 0.6 is 27.7 Å². The molecule has 2 aromatic carbocycles.